The van der Waals surface area contributed by atoms with Crippen molar-refractivity contribution in [2.24, 2.45) is 11.3 Å². The van der Waals surface area contributed by atoms with E-state index in [0.717, 1.165) is 5.56 Å². The van der Waals surface area contributed by atoms with Crippen LogP contribution in [0, 0.1) is 17.2 Å². The van der Waals surface area contributed by atoms with Crippen molar-refractivity contribution in [1.82, 2.24) is 15.1 Å². The zero-order valence-electron chi connectivity index (χ0n) is 17.1. The molecule has 1 N–H and O–H groups in total. The molecule has 0 saturated carbocycles. The third-order valence-electron chi connectivity index (χ3n) is 4.88. The predicted octanol–water partition coefficient (Wildman–Crippen LogP) is 2.83. The van der Waals surface area contributed by atoms with Gasteiger partial charge in [0, 0.05) is 31.6 Å². The quantitative estimate of drug-likeness (QED) is 0.859. The van der Waals surface area contributed by atoms with Gasteiger partial charge in [-0.2, -0.15) is 0 Å². The van der Waals surface area contributed by atoms with Crippen molar-refractivity contribution in [3.63, 3.8) is 0 Å². The van der Waals surface area contributed by atoms with Crippen LogP contribution in [0.25, 0.3) is 0 Å². The van der Waals surface area contributed by atoms with Gasteiger partial charge in [0.15, 0.2) is 0 Å². The van der Waals surface area contributed by atoms with Crippen LogP contribution in [0.15, 0.2) is 24.3 Å². The minimum atomic E-state index is -0.376. The molecule has 0 bridgehead atoms. The zero-order valence-corrected chi connectivity index (χ0v) is 17.1. The summed E-state index contributed by atoms with van der Waals surface area (Å²) >= 11 is 0. The van der Waals surface area contributed by atoms with Crippen LogP contribution < -0.4 is 5.32 Å². The summed E-state index contributed by atoms with van der Waals surface area (Å²) in [6.07, 6.45) is 0. The number of piperazine rings is 1. The van der Waals surface area contributed by atoms with Crippen LogP contribution in [0.5, 0.6) is 0 Å². The first-order valence-electron chi connectivity index (χ1n) is 9.64. The lowest BCUT2D eigenvalue weighted by Gasteiger charge is -2.37. The summed E-state index contributed by atoms with van der Waals surface area (Å²) in [5.41, 5.74) is 0.527. The van der Waals surface area contributed by atoms with Crippen LogP contribution in [0.1, 0.15) is 46.2 Å². The van der Waals surface area contributed by atoms with Gasteiger partial charge in [-0.15, -0.1) is 0 Å². The first kappa shape index (κ1) is 21.4. The fourth-order valence-corrected chi connectivity index (χ4v) is 3.31. The minimum Gasteiger partial charge on any atom is -0.348 e. The lowest BCUT2D eigenvalue weighted by atomic mass is 9.94. The van der Waals surface area contributed by atoms with E-state index >= 15 is 0 Å². The average molecular weight is 378 g/mol. The molecule has 1 unspecified atom stereocenters. The minimum absolute atomic E-state index is 0.0476. The SMILES string of the molecule is CC(C)C(NC(=O)CN1CCN(C(=O)C(C)(C)C)CC1)c1ccc(F)cc1. The highest BCUT2D eigenvalue weighted by molar-refractivity contribution is 5.81. The van der Waals surface area contributed by atoms with Crippen LogP contribution in [0.2, 0.25) is 0 Å². The maximum absolute atomic E-state index is 13.2. The molecule has 0 radical (unpaired) electrons. The molecule has 5 nitrogen and oxygen atoms in total. The van der Waals surface area contributed by atoms with Gasteiger partial charge in [-0.3, -0.25) is 14.5 Å². The van der Waals surface area contributed by atoms with Gasteiger partial charge in [0.25, 0.3) is 0 Å². The second kappa shape index (κ2) is 8.83. The van der Waals surface area contributed by atoms with Gasteiger partial charge in [-0.25, -0.2) is 4.39 Å². The lowest BCUT2D eigenvalue weighted by Crippen LogP contribution is -2.53. The molecule has 1 fully saturated rings. The molecule has 1 atom stereocenters. The Labute approximate surface area is 161 Å². The van der Waals surface area contributed by atoms with E-state index in [1.165, 1.54) is 12.1 Å². The Morgan fingerprint density at radius 1 is 1.07 bits per heavy atom. The zero-order chi connectivity index (χ0) is 20.2. The molecule has 1 saturated heterocycles. The Hall–Kier alpha value is -1.95. The molecule has 0 spiro atoms. The van der Waals surface area contributed by atoms with Gasteiger partial charge >= 0.3 is 0 Å². The highest BCUT2D eigenvalue weighted by Gasteiger charge is 2.30. The first-order chi connectivity index (χ1) is 12.6. The molecule has 1 heterocycles. The second-order valence-corrected chi connectivity index (χ2v) is 8.66. The van der Waals surface area contributed by atoms with Crippen LogP contribution >= 0.6 is 0 Å². The number of benzene rings is 1. The maximum atomic E-state index is 13.2. The molecule has 27 heavy (non-hydrogen) atoms. The Bertz CT molecular complexity index is 644. The molecule has 2 amide bonds. The van der Waals surface area contributed by atoms with Crippen LogP contribution in [-0.4, -0.2) is 54.3 Å². The Morgan fingerprint density at radius 3 is 2.11 bits per heavy atom. The summed E-state index contributed by atoms with van der Waals surface area (Å²) in [6.45, 7) is 12.8. The number of nitrogens with zero attached hydrogens (tertiary/aromatic N) is 2. The molecule has 1 aliphatic heterocycles. The summed E-state index contributed by atoms with van der Waals surface area (Å²) in [7, 11) is 0. The third-order valence-corrected chi connectivity index (χ3v) is 4.88. The molecule has 1 aromatic rings. The fourth-order valence-electron chi connectivity index (χ4n) is 3.31. The number of carbonyl (C=O) groups excluding carboxylic acids is 2. The van der Waals surface area contributed by atoms with Crippen molar-refractivity contribution in [1.29, 1.82) is 0 Å². The van der Waals surface area contributed by atoms with Crippen LogP contribution in [0.4, 0.5) is 4.39 Å². The molecule has 0 aromatic heterocycles. The van der Waals surface area contributed by atoms with E-state index in [9.17, 15) is 14.0 Å². The Balaban J connectivity index is 1.88. The molecule has 1 aliphatic rings. The third kappa shape index (κ3) is 6.03. The van der Waals surface area contributed by atoms with Gasteiger partial charge in [0.2, 0.25) is 11.8 Å². The maximum Gasteiger partial charge on any atom is 0.234 e. The molecule has 150 valence electrons. The van der Waals surface area contributed by atoms with E-state index in [2.05, 4.69) is 10.2 Å². The van der Waals surface area contributed by atoms with E-state index in [-0.39, 0.29) is 35.0 Å². The van der Waals surface area contributed by atoms with Gasteiger partial charge < -0.3 is 10.2 Å². The standard InChI is InChI=1S/C21H32FN3O2/c1-15(2)19(16-6-8-17(22)9-7-16)23-18(26)14-24-10-12-25(13-11-24)20(27)21(3,4)5/h6-9,15,19H,10-14H2,1-5H3,(H,23,26). The van der Waals surface area contributed by atoms with Gasteiger partial charge in [-0.1, -0.05) is 46.8 Å². The van der Waals surface area contributed by atoms with Crippen molar-refractivity contribution < 1.29 is 14.0 Å². The predicted molar refractivity (Wildman–Crippen MR) is 105 cm³/mol. The van der Waals surface area contributed by atoms with Crippen LogP contribution in [0.3, 0.4) is 0 Å². The second-order valence-electron chi connectivity index (χ2n) is 8.66. The van der Waals surface area contributed by atoms with E-state index in [0.29, 0.717) is 32.7 Å². The number of hydrogen-bond donors (Lipinski definition) is 1. The van der Waals surface area contributed by atoms with E-state index in [1.807, 2.05) is 39.5 Å². The summed E-state index contributed by atoms with van der Waals surface area (Å²) in [5.74, 6) is 0.0207. The lowest BCUT2D eigenvalue weighted by molar-refractivity contribution is -0.141. The summed E-state index contributed by atoms with van der Waals surface area (Å²) in [4.78, 5) is 28.8. The van der Waals surface area contributed by atoms with Crippen molar-refractivity contribution in [3.05, 3.63) is 35.6 Å². The van der Waals surface area contributed by atoms with Crippen molar-refractivity contribution in [3.8, 4) is 0 Å². The highest BCUT2D eigenvalue weighted by atomic mass is 19.1. The number of halogens is 1. The molecular weight excluding hydrogens is 345 g/mol. The van der Waals surface area contributed by atoms with Crippen molar-refractivity contribution in [2.45, 2.75) is 40.7 Å². The van der Waals surface area contributed by atoms with Gasteiger partial charge in [0.05, 0.1) is 12.6 Å². The molecule has 6 heteroatoms. The van der Waals surface area contributed by atoms with Crippen molar-refractivity contribution in [2.75, 3.05) is 32.7 Å². The normalized spacial score (nSPS) is 17.1. The molecular formula is C21H32FN3O2. The monoisotopic (exact) mass is 377 g/mol. The van der Waals surface area contributed by atoms with E-state index in [4.69, 9.17) is 0 Å². The Kier molecular flexibility index (Phi) is 6.98. The topological polar surface area (TPSA) is 52.7 Å². The summed E-state index contributed by atoms with van der Waals surface area (Å²) < 4.78 is 13.2. The van der Waals surface area contributed by atoms with Gasteiger partial charge in [0.1, 0.15) is 5.82 Å². The van der Waals surface area contributed by atoms with E-state index < -0.39 is 0 Å². The number of nitrogens with one attached hydrogen (secondary N) is 1. The summed E-state index contributed by atoms with van der Waals surface area (Å²) in [5, 5.41) is 3.07. The van der Waals surface area contributed by atoms with E-state index in [1.54, 1.807) is 12.1 Å². The molecule has 2 rings (SSSR count). The van der Waals surface area contributed by atoms with Crippen molar-refractivity contribution >= 4 is 11.8 Å². The fraction of sp³-hybridized carbons (Fsp3) is 0.619. The average Bonchev–Trinajstić information content (AvgIpc) is 2.59. The smallest absolute Gasteiger partial charge is 0.234 e. The number of hydrogen-bond acceptors (Lipinski definition) is 3. The first-order valence-corrected chi connectivity index (χ1v) is 9.64. The number of amides is 2. The summed E-state index contributed by atoms with van der Waals surface area (Å²) in [6, 6.07) is 6.13. The highest BCUT2D eigenvalue weighted by Crippen LogP contribution is 2.22. The van der Waals surface area contributed by atoms with Crippen LogP contribution in [-0.2, 0) is 9.59 Å². The largest absolute Gasteiger partial charge is 0.348 e. The number of rotatable bonds is 5. The number of carbonyl (C=O) groups is 2. The Morgan fingerprint density at radius 2 is 1.63 bits per heavy atom. The molecule has 0 aliphatic carbocycles. The van der Waals surface area contributed by atoms with Gasteiger partial charge in [-0.05, 0) is 23.6 Å². The molecule has 1 aromatic carbocycles.